The van der Waals surface area contributed by atoms with E-state index in [2.05, 4.69) is 5.32 Å². The summed E-state index contributed by atoms with van der Waals surface area (Å²) >= 11 is 0. The van der Waals surface area contributed by atoms with Gasteiger partial charge in [-0.15, -0.1) is 0 Å². The minimum Gasteiger partial charge on any atom is -0.482 e. The van der Waals surface area contributed by atoms with Gasteiger partial charge in [-0.25, -0.2) is 17.6 Å². The Bertz CT molecular complexity index is 1770. The summed E-state index contributed by atoms with van der Waals surface area (Å²) < 4.78 is 62.9. The summed E-state index contributed by atoms with van der Waals surface area (Å²) in [6.07, 6.45) is 1.17. The molecule has 8 nitrogen and oxygen atoms in total. The minimum atomic E-state index is -1.20. The van der Waals surface area contributed by atoms with Gasteiger partial charge in [0, 0.05) is 37.0 Å². The Hall–Kier alpha value is -5.13. The molecule has 1 aromatic heterocycles. The lowest BCUT2D eigenvalue weighted by Crippen LogP contribution is -2.52. The number of hydrogen-bond donors (Lipinski definition) is 1. The molecule has 4 aromatic rings. The molecule has 0 aliphatic carbocycles. The molecular weight excluding hydrogens is 556 g/mol. The largest absolute Gasteiger partial charge is 0.482 e. The molecule has 0 radical (unpaired) electrons. The molecule has 0 atom stereocenters. The van der Waals surface area contributed by atoms with Crippen molar-refractivity contribution < 1.29 is 31.9 Å². The fraction of sp³-hybridized carbons (Fsp3) is 0.167. The second-order valence-corrected chi connectivity index (χ2v) is 9.92. The molecule has 0 saturated heterocycles. The zero-order chi connectivity index (χ0) is 29.5. The Morgan fingerprint density at radius 3 is 2.36 bits per heavy atom. The minimum absolute atomic E-state index is 0.0657. The zero-order valence-electron chi connectivity index (χ0n) is 21.9. The van der Waals surface area contributed by atoms with Crippen molar-refractivity contribution in [3.05, 3.63) is 134 Å². The molecule has 3 heterocycles. The summed E-state index contributed by atoms with van der Waals surface area (Å²) in [5.74, 6) is -5.92. The van der Waals surface area contributed by atoms with E-state index in [-0.39, 0.29) is 37.8 Å². The van der Waals surface area contributed by atoms with Crippen molar-refractivity contribution >= 4 is 11.8 Å². The van der Waals surface area contributed by atoms with Gasteiger partial charge in [0.1, 0.15) is 42.1 Å². The van der Waals surface area contributed by atoms with Gasteiger partial charge in [-0.3, -0.25) is 24.1 Å². The zero-order valence-corrected chi connectivity index (χ0v) is 21.9. The van der Waals surface area contributed by atoms with Gasteiger partial charge in [0.2, 0.25) is 5.43 Å². The average molecular weight is 579 g/mol. The molecule has 214 valence electrons. The number of aromatic nitrogens is 1. The van der Waals surface area contributed by atoms with Gasteiger partial charge in [0.05, 0.1) is 6.54 Å². The van der Waals surface area contributed by atoms with Gasteiger partial charge in [-0.05, 0) is 28.8 Å². The van der Waals surface area contributed by atoms with E-state index in [0.717, 1.165) is 5.56 Å². The van der Waals surface area contributed by atoms with E-state index in [1.54, 1.807) is 41.4 Å². The molecule has 1 N–H and O–H groups in total. The van der Waals surface area contributed by atoms with Crippen molar-refractivity contribution in [3.8, 4) is 5.75 Å². The van der Waals surface area contributed by atoms with E-state index >= 15 is 0 Å². The Morgan fingerprint density at radius 2 is 1.62 bits per heavy atom. The van der Waals surface area contributed by atoms with Crippen LogP contribution in [0.2, 0.25) is 0 Å². The highest BCUT2D eigenvalue weighted by molar-refractivity contribution is 5.99. The average Bonchev–Trinajstić information content (AvgIpc) is 3.12. The first-order valence-electron chi connectivity index (χ1n) is 12.9. The Labute approximate surface area is 236 Å². The third-order valence-corrected chi connectivity index (χ3v) is 7.16. The van der Waals surface area contributed by atoms with Crippen molar-refractivity contribution in [3.63, 3.8) is 0 Å². The maximum atomic E-state index is 14.2. The summed E-state index contributed by atoms with van der Waals surface area (Å²) in [6, 6.07) is 14.1. The molecule has 0 spiro atoms. The molecule has 3 aromatic carbocycles. The van der Waals surface area contributed by atoms with Crippen LogP contribution in [0.3, 0.4) is 0 Å². The van der Waals surface area contributed by atoms with Crippen molar-refractivity contribution in [1.29, 1.82) is 0 Å². The maximum absolute atomic E-state index is 14.2. The first kappa shape index (κ1) is 27.1. The molecule has 42 heavy (non-hydrogen) atoms. The molecule has 0 unspecified atom stereocenters. The first-order chi connectivity index (χ1) is 20.2. The fourth-order valence-corrected chi connectivity index (χ4v) is 5.05. The van der Waals surface area contributed by atoms with Crippen molar-refractivity contribution in [2.45, 2.75) is 26.2 Å². The quantitative estimate of drug-likeness (QED) is 0.350. The van der Waals surface area contributed by atoms with Crippen LogP contribution < -0.4 is 20.5 Å². The Morgan fingerprint density at radius 1 is 0.881 bits per heavy atom. The molecule has 0 fully saturated rings. The van der Waals surface area contributed by atoms with Crippen LogP contribution in [0.25, 0.3) is 0 Å². The lowest BCUT2D eigenvalue weighted by atomic mass is 10.1. The monoisotopic (exact) mass is 578 g/mol. The van der Waals surface area contributed by atoms with Crippen LogP contribution in [0.1, 0.15) is 43.1 Å². The number of carbonyl (C=O) groups is 2. The van der Waals surface area contributed by atoms with Crippen LogP contribution >= 0.6 is 0 Å². The SMILES string of the molecule is O=C(NCc1c(F)cc(F)cc1F)c1cn2c(c(OCc3ccccc3)c1=O)C(=O)N1Cc3cc(F)ccc3CN2C1. The summed E-state index contributed by atoms with van der Waals surface area (Å²) in [4.78, 5) is 42.1. The van der Waals surface area contributed by atoms with Crippen LogP contribution in [0.4, 0.5) is 17.6 Å². The van der Waals surface area contributed by atoms with Crippen LogP contribution in [0.5, 0.6) is 5.75 Å². The number of hydrogen-bond acceptors (Lipinski definition) is 5. The number of ether oxygens (including phenoxy) is 1. The fourth-order valence-electron chi connectivity index (χ4n) is 5.05. The number of amides is 2. The highest BCUT2D eigenvalue weighted by Gasteiger charge is 2.37. The molecule has 6 rings (SSSR count). The number of nitrogens with zero attached hydrogens (tertiary/aromatic N) is 3. The highest BCUT2D eigenvalue weighted by atomic mass is 19.1. The lowest BCUT2D eigenvalue weighted by molar-refractivity contribution is 0.0674. The number of nitrogens with one attached hydrogen (secondary N) is 1. The van der Waals surface area contributed by atoms with Crippen LogP contribution in [0.15, 0.2) is 71.7 Å². The smallest absolute Gasteiger partial charge is 0.278 e. The van der Waals surface area contributed by atoms with Crippen LogP contribution in [0, 0.1) is 23.3 Å². The molecule has 2 aliphatic rings. The number of halogens is 4. The van der Waals surface area contributed by atoms with Gasteiger partial charge >= 0.3 is 0 Å². The summed E-state index contributed by atoms with van der Waals surface area (Å²) in [5.41, 5.74) is -0.0553. The molecule has 2 bridgehead atoms. The van der Waals surface area contributed by atoms with E-state index < -0.39 is 58.2 Å². The number of carbonyl (C=O) groups excluding carboxylic acids is 2. The van der Waals surface area contributed by atoms with Crippen LogP contribution in [-0.4, -0.2) is 28.1 Å². The normalized spacial score (nSPS) is 13.8. The van der Waals surface area contributed by atoms with E-state index in [1.165, 1.54) is 27.9 Å². The second-order valence-electron chi connectivity index (χ2n) is 9.92. The highest BCUT2D eigenvalue weighted by Crippen LogP contribution is 2.29. The maximum Gasteiger partial charge on any atom is 0.278 e. The molecule has 2 amide bonds. The van der Waals surface area contributed by atoms with Gasteiger partial charge in [-0.2, -0.15) is 0 Å². The molecular formula is C30H22F4N4O4. The Kier molecular flexibility index (Phi) is 6.89. The first-order valence-corrected chi connectivity index (χ1v) is 12.9. The Balaban J connectivity index is 1.41. The molecule has 2 aliphatic heterocycles. The van der Waals surface area contributed by atoms with Crippen molar-refractivity contribution in [2.24, 2.45) is 0 Å². The number of rotatable bonds is 6. The van der Waals surface area contributed by atoms with E-state index in [0.29, 0.717) is 23.3 Å². The predicted octanol–water partition coefficient (Wildman–Crippen LogP) is 3.98. The standard InChI is InChI=1S/C30H22F4N4O4/c31-20-7-6-18-13-37-16-36(12-19(18)8-20)30(41)26-28(42-15-17-4-2-1-3-5-17)27(39)23(14-38(26)37)29(40)35-11-22-24(33)9-21(32)10-25(22)34/h1-10,14H,11-13,15-16H2,(H,35,40). The van der Waals surface area contributed by atoms with Gasteiger partial charge in [-0.1, -0.05) is 36.4 Å². The van der Waals surface area contributed by atoms with Crippen molar-refractivity contribution in [2.75, 3.05) is 11.7 Å². The van der Waals surface area contributed by atoms with Gasteiger partial charge in [0.15, 0.2) is 11.4 Å². The molecule has 0 saturated carbocycles. The number of benzene rings is 3. The second kappa shape index (κ2) is 10.7. The molecule has 12 heteroatoms. The summed E-state index contributed by atoms with van der Waals surface area (Å²) in [6.45, 7) is -0.408. The van der Waals surface area contributed by atoms with Crippen molar-refractivity contribution in [1.82, 2.24) is 14.9 Å². The van der Waals surface area contributed by atoms with E-state index in [4.69, 9.17) is 4.74 Å². The lowest BCUT2D eigenvalue weighted by Gasteiger charge is -2.38. The third-order valence-electron chi connectivity index (χ3n) is 7.16. The van der Waals surface area contributed by atoms with E-state index in [1.807, 2.05) is 0 Å². The number of fused-ring (bicyclic) bond motifs is 5. The van der Waals surface area contributed by atoms with Crippen LogP contribution in [-0.2, 0) is 26.2 Å². The number of pyridine rings is 1. The predicted molar refractivity (Wildman–Crippen MR) is 142 cm³/mol. The van der Waals surface area contributed by atoms with E-state index in [9.17, 15) is 31.9 Å². The third kappa shape index (κ3) is 4.95. The van der Waals surface area contributed by atoms with Gasteiger partial charge < -0.3 is 15.0 Å². The summed E-state index contributed by atoms with van der Waals surface area (Å²) in [5, 5.41) is 3.99. The summed E-state index contributed by atoms with van der Waals surface area (Å²) in [7, 11) is 0. The van der Waals surface area contributed by atoms with Gasteiger partial charge in [0.25, 0.3) is 11.8 Å². The topological polar surface area (TPSA) is 83.9 Å².